The molecular weight excluding hydrogens is 345 g/mol. The summed E-state index contributed by atoms with van der Waals surface area (Å²) < 4.78 is 15.5. The van der Waals surface area contributed by atoms with E-state index in [4.69, 9.17) is 0 Å². The smallest absolute Gasteiger partial charge is 0.283 e. The van der Waals surface area contributed by atoms with Crippen LogP contribution in [0.1, 0.15) is 28.7 Å². The fourth-order valence-corrected chi connectivity index (χ4v) is 3.55. The van der Waals surface area contributed by atoms with Crippen LogP contribution < -0.4 is 10.3 Å². The molecule has 0 bridgehead atoms. The number of carbonyl (C=O) groups excluding carboxylic acids is 1. The van der Waals surface area contributed by atoms with Gasteiger partial charge >= 0.3 is 0 Å². The summed E-state index contributed by atoms with van der Waals surface area (Å²) in [7, 11) is 0. The number of hydrogen-bond donors (Lipinski definition) is 0. The second-order valence-corrected chi connectivity index (χ2v) is 6.72. The number of hydrogen-bond acceptors (Lipinski definition) is 3. The van der Waals surface area contributed by atoms with E-state index < -0.39 is 17.2 Å². The average Bonchev–Trinajstić information content (AvgIpc) is 2.98. The van der Waals surface area contributed by atoms with E-state index in [1.54, 1.807) is 30.0 Å². The predicted molar refractivity (Wildman–Crippen MR) is 101 cm³/mol. The van der Waals surface area contributed by atoms with Crippen LogP contribution in [0.2, 0.25) is 0 Å². The zero-order chi connectivity index (χ0) is 19.1. The lowest BCUT2D eigenvalue weighted by atomic mass is 10.1. The van der Waals surface area contributed by atoms with Crippen LogP contribution in [0.15, 0.2) is 59.4 Å². The molecule has 1 aliphatic rings. The zero-order valence-electron chi connectivity index (χ0n) is 15.0. The molecule has 1 atom stereocenters. The first-order chi connectivity index (χ1) is 13.0. The summed E-state index contributed by atoms with van der Waals surface area (Å²) in [5.74, 6) is -0.947. The van der Waals surface area contributed by atoms with E-state index in [2.05, 4.69) is 5.10 Å². The normalized spacial score (nSPS) is 15.7. The number of carbonyl (C=O) groups is 1. The van der Waals surface area contributed by atoms with Crippen molar-refractivity contribution >= 4 is 11.6 Å². The van der Waals surface area contributed by atoms with Crippen LogP contribution in [0.25, 0.3) is 5.69 Å². The van der Waals surface area contributed by atoms with Crippen molar-refractivity contribution in [2.45, 2.75) is 26.3 Å². The Morgan fingerprint density at radius 1 is 1.11 bits per heavy atom. The first-order valence-corrected chi connectivity index (χ1v) is 8.74. The van der Waals surface area contributed by atoms with Gasteiger partial charge in [-0.05, 0) is 44.0 Å². The van der Waals surface area contributed by atoms with Gasteiger partial charge in [0.15, 0.2) is 5.69 Å². The molecule has 2 aromatic carbocycles. The first-order valence-electron chi connectivity index (χ1n) is 8.74. The van der Waals surface area contributed by atoms with Gasteiger partial charge in [-0.3, -0.25) is 9.59 Å². The van der Waals surface area contributed by atoms with E-state index in [9.17, 15) is 14.0 Å². The molecular formula is C21H18FN3O2. The Balaban J connectivity index is 1.83. The van der Waals surface area contributed by atoms with E-state index in [1.165, 1.54) is 16.8 Å². The van der Waals surface area contributed by atoms with Gasteiger partial charge in [0.1, 0.15) is 11.5 Å². The van der Waals surface area contributed by atoms with Crippen LogP contribution in [0, 0.1) is 12.7 Å². The highest BCUT2D eigenvalue weighted by molar-refractivity contribution is 6.06. The average molecular weight is 363 g/mol. The molecule has 0 saturated heterocycles. The Bertz CT molecular complexity index is 1110. The van der Waals surface area contributed by atoms with Crippen molar-refractivity contribution in [3.05, 3.63) is 87.6 Å². The van der Waals surface area contributed by atoms with Crippen LogP contribution in [0.5, 0.6) is 0 Å². The monoisotopic (exact) mass is 363 g/mol. The summed E-state index contributed by atoms with van der Waals surface area (Å²) in [6.45, 7) is 3.59. The van der Waals surface area contributed by atoms with Crippen molar-refractivity contribution in [3.63, 3.8) is 0 Å². The maximum Gasteiger partial charge on any atom is 0.283 e. The number of para-hydroxylation sites is 2. The number of fused-ring (bicyclic) bond motifs is 1. The molecule has 1 amide bonds. The van der Waals surface area contributed by atoms with Crippen LogP contribution in [-0.2, 0) is 6.42 Å². The number of aryl methyl sites for hydroxylation is 1. The summed E-state index contributed by atoms with van der Waals surface area (Å²) in [6.07, 6.45) is 0.718. The Morgan fingerprint density at radius 2 is 1.78 bits per heavy atom. The number of nitrogens with zero attached hydrogens (tertiary/aromatic N) is 3. The minimum Gasteiger partial charge on any atom is -0.303 e. The number of anilines is 1. The molecule has 0 spiro atoms. The first kappa shape index (κ1) is 17.1. The molecule has 136 valence electrons. The van der Waals surface area contributed by atoms with Crippen molar-refractivity contribution in [1.29, 1.82) is 0 Å². The SMILES string of the molecule is Cc1cc(=O)c(C(=O)N2c3ccccc3C[C@H]2C)nn1-c1ccccc1F. The van der Waals surface area contributed by atoms with Crippen molar-refractivity contribution in [2.24, 2.45) is 0 Å². The molecule has 5 nitrogen and oxygen atoms in total. The van der Waals surface area contributed by atoms with Gasteiger partial charge in [-0.15, -0.1) is 0 Å². The summed E-state index contributed by atoms with van der Waals surface area (Å²) in [5, 5.41) is 4.23. The fourth-order valence-electron chi connectivity index (χ4n) is 3.55. The fraction of sp³-hybridized carbons (Fsp3) is 0.190. The summed E-state index contributed by atoms with van der Waals surface area (Å²) in [5.41, 5.74) is 1.80. The van der Waals surface area contributed by atoms with Gasteiger partial charge in [-0.2, -0.15) is 5.10 Å². The molecule has 0 aliphatic carbocycles. The van der Waals surface area contributed by atoms with Crippen LogP contribution in [-0.4, -0.2) is 21.7 Å². The van der Waals surface area contributed by atoms with E-state index >= 15 is 0 Å². The molecule has 6 heteroatoms. The van der Waals surface area contributed by atoms with Crippen molar-refractivity contribution < 1.29 is 9.18 Å². The molecule has 3 aromatic rings. The number of aromatic nitrogens is 2. The molecule has 4 rings (SSSR count). The Kier molecular flexibility index (Phi) is 4.11. The molecule has 1 aliphatic heterocycles. The van der Waals surface area contributed by atoms with Crippen LogP contribution >= 0.6 is 0 Å². The second-order valence-electron chi connectivity index (χ2n) is 6.72. The van der Waals surface area contributed by atoms with E-state index in [-0.39, 0.29) is 17.4 Å². The lowest BCUT2D eigenvalue weighted by molar-refractivity contribution is 0.0973. The third kappa shape index (κ3) is 2.83. The topological polar surface area (TPSA) is 55.2 Å². The molecule has 1 aromatic heterocycles. The van der Waals surface area contributed by atoms with Crippen LogP contribution in [0.4, 0.5) is 10.1 Å². The standard InChI is InChI=1S/C21H18FN3O2/c1-13-11-15-7-3-5-9-17(15)24(13)21(27)20-19(26)12-14(2)25(23-20)18-10-6-4-8-16(18)22/h3-10,12-13H,11H2,1-2H3/t13-/m1/s1. The summed E-state index contributed by atoms with van der Waals surface area (Å²) in [4.78, 5) is 27.3. The molecule has 0 N–H and O–H groups in total. The van der Waals surface area contributed by atoms with Gasteiger partial charge in [0.25, 0.3) is 5.91 Å². The van der Waals surface area contributed by atoms with E-state index in [0.717, 1.165) is 17.7 Å². The number of amides is 1. The predicted octanol–water partition coefficient (Wildman–Crippen LogP) is 3.27. The molecule has 0 fully saturated rings. The summed E-state index contributed by atoms with van der Waals surface area (Å²) >= 11 is 0. The third-order valence-electron chi connectivity index (χ3n) is 4.82. The number of halogens is 1. The highest BCUT2D eigenvalue weighted by Gasteiger charge is 2.33. The zero-order valence-corrected chi connectivity index (χ0v) is 15.0. The van der Waals surface area contributed by atoms with Crippen molar-refractivity contribution in [3.8, 4) is 5.69 Å². The third-order valence-corrected chi connectivity index (χ3v) is 4.82. The van der Waals surface area contributed by atoms with Crippen molar-refractivity contribution in [1.82, 2.24) is 9.78 Å². The maximum atomic E-state index is 14.2. The van der Waals surface area contributed by atoms with Gasteiger partial charge in [-0.25, -0.2) is 9.07 Å². The summed E-state index contributed by atoms with van der Waals surface area (Å²) in [6, 6.07) is 15.0. The Morgan fingerprint density at radius 3 is 2.52 bits per heavy atom. The minimum absolute atomic E-state index is 0.0840. The number of rotatable bonds is 2. The molecule has 27 heavy (non-hydrogen) atoms. The van der Waals surface area contributed by atoms with Gasteiger partial charge < -0.3 is 4.90 Å². The molecule has 0 saturated carbocycles. The Labute approximate surface area is 155 Å². The maximum absolute atomic E-state index is 14.2. The van der Waals surface area contributed by atoms with Gasteiger partial charge in [-0.1, -0.05) is 30.3 Å². The minimum atomic E-state index is -0.477. The van der Waals surface area contributed by atoms with Gasteiger partial charge in [0.05, 0.1) is 0 Å². The lowest BCUT2D eigenvalue weighted by Crippen LogP contribution is -2.39. The van der Waals surface area contributed by atoms with Gasteiger partial charge in [0, 0.05) is 23.5 Å². The van der Waals surface area contributed by atoms with E-state index in [1.807, 2.05) is 31.2 Å². The van der Waals surface area contributed by atoms with E-state index in [0.29, 0.717) is 5.69 Å². The van der Waals surface area contributed by atoms with Crippen molar-refractivity contribution in [2.75, 3.05) is 4.90 Å². The quantitative estimate of drug-likeness (QED) is 0.702. The molecule has 2 heterocycles. The highest BCUT2D eigenvalue weighted by atomic mass is 19.1. The molecule has 0 radical (unpaired) electrons. The molecule has 0 unspecified atom stereocenters. The van der Waals surface area contributed by atoms with Gasteiger partial charge in [0.2, 0.25) is 5.43 Å². The Hall–Kier alpha value is -3.28. The number of benzene rings is 2. The largest absolute Gasteiger partial charge is 0.303 e. The second kappa shape index (κ2) is 6.46. The van der Waals surface area contributed by atoms with Crippen LogP contribution in [0.3, 0.4) is 0 Å². The lowest BCUT2D eigenvalue weighted by Gasteiger charge is -2.22. The highest BCUT2D eigenvalue weighted by Crippen LogP contribution is 2.32.